The van der Waals surface area contributed by atoms with E-state index in [1.165, 1.54) is 4.31 Å². The number of carbonyl (C=O) groups excluding carboxylic acids is 1. The van der Waals surface area contributed by atoms with Crippen LogP contribution in [0.25, 0.3) is 0 Å². The zero-order valence-electron chi connectivity index (χ0n) is 18.1. The van der Waals surface area contributed by atoms with Crippen molar-refractivity contribution >= 4 is 21.6 Å². The first kappa shape index (κ1) is 22.5. The van der Waals surface area contributed by atoms with Crippen LogP contribution in [0.3, 0.4) is 0 Å². The first-order valence-corrected chi connectivity index (χ1v) is 11.6. The van der Waals surface area contributed by atoms with E-state index in [4.69, 9.17) is 4.74 Å². The molecule has 7 heteroatoms. The highest BCUT2D eigenvalue weighted by molar-refractivity contribution is 7.89. The van der Waals surface area contributed by atoms with E-state index in [-0.39, 0.29) is 11.8 Å². The maximum Gasteiger partial charge on any atom is 0.243 e. The first-order chi connectivity index (χ1) is 14.2. The summed E-state index contributed by atoms with van der Waals surface area (Å²) in [4.78, 5) is 13.2. The first-order valence-electron chi connectivity index (χ1n) is 10.2. The molecule has 0 saturated carbocycles. The lowest BCUT2D eigenvalue weighted by atomic mass is 9.97. The van der Waals surface area contributed by atoms with Crippen LogP contribution in [0.15, 0.2) is 41.3 Å². The molecule has 1 fully saturated rings. The van der Waals surface area contributed by atoms with Crippen molar-refractivity contribution in [2.45, 2.75) is 45.1 Å². The van der Waals surface area contributed by atoms with Gasteiger partial charge in [-0.1, -0.05) is 35.9 Å². The maximum absolute atomic E-state index is 13.2. The minimum absolute atomic E-state index is 0.0710. The summed E-state index contributed by atoms with van der Waals surface area (Å²) >= 11 is 0. The summed E-state index contributed by atoms with van der Waals surface area (Å²) in [7, 11) is -1.96. The van der Waals surface area contributed by atoms with E-state index in [0.29, 0.717) is 37.4 Å². The monoisotopic (exact) mass is 430 g/mol. The summed E-state index contributed by atoms with van der Waals surface area (Å²) in [5.41, 5.74) is 4.24. The molecular weight excluding hydrogens is 400 g/mol. The predicted octanol–water partition coefficient (Wildman–Crippen LogP) is 3.80. The van der Waals surface area contributed by atoms with Crippen LogP contribution in [0.2, 0.25) is 0 Å². The van der Waals surface area contributed by atoms with Gasteiger partial charge in [0.2, 0.25) is 15.9 Å². The van der Waals surface area contributed by atoms with Gasteiger partial charge in [0.15, 0.2) is 0 Å². The number of amides is 1. The number of sulfonamides is 1. The molecule has 30 heavy (non-hydrogen) atoms. The standard InChI is InChI=1S/C23H30N2O4S/c1-16-13-17(2)22(18(3)14-16)30(27,28)25-11-9-19(10-12-25)23(26)24-21-8-6-5-7-20(21)15-29-4/h5-8,13-14,19H,9-12,15H2,1-4H3,(H,24,26). The summed E-state index contributed by atoms with van der Waals surface area (Å²) in [5.74, 6) is -0.287. The fraction of sp³-hybridized carbons (Fsp3) is 0.435. The number of ether oxygens (including phenoxy) is 1. The lowest BCUT2D eigenvalue weighted by molar-refractivity contribution is -0.120. The Morgan fingerprint density at radius 2 is 1.70 bits per heavy atom. The number of piperidine rings is 1. The van der Waals surface area contributed by atoms with E-state index >= 15 is 0 Å². The zero-order valence-corrected chi connectivity index (χ0v) is 18.9. The van der Waals surface area contributed by atoms with Crippen molar-refractivity contribution in [3.05, 3.63) is 58.7 Å². The van der Waals surface area contributed by atoms with Gasteiger partial charge < -0.3 is 10.1 Å². The molecule has 1 aliphatic heterocycles. The van der Waals surface area contributed by atoms with Crippen molar-refractivity contribution in [2.75, 3.05) is 25.5 Å². The molecule has 1 saturated heterocycles. The Bertz CT molecular complexity index is 1000. The van der Waals surface area contributed by atoms with Crippen LogP contribution >= 0.6 is 0 Å². The Kier molecular flexibility index (Phi) is 6.95. The SMILES string of the molecule is COCc1ccccc1NC(=O)C1CCN(S(=O)(=O)c2c(C)cc(C)cc2C)CC1. The highest BCUT2D eigenvalue weighted by Crippen LogP contribution is 2.29. The molecule has 1 N–H and O–H groups in total. The van der Waals surface area contributed by atoms with Crippen molar-refractivity contribution in [1.82, 2.24) is 4.31 Å². The van der Waals surface area contributed by atoms with Crippen LogP contribution in [0.4, 0.5) is 5.69 Å². The summed E-state index contributed by atoms with van der Waals surface area (Å²) in [6, 6.07) is 11.4. The number of hydrogen-bond donors (Lipinski definition) is 1. The third-order valence-corrected chi connectivity index (χ3v) is 7.81. The lowest BCUT2D eigenvalue weighted by Gasteiger charge is -2.31. The molecule has 1 amide bonds. The molecule has 0 radical (unpaired) electrons. The Balaban J connectivity index is 1.68. The lowest BCUT2D eigenvalue weighted by Crippen LogP contribution is -2.41. The second kappa shape index (κ2) is 9.29. The summed E-state index contributed by atoms with van der Waals surface area (Å²) < 4.78 is 33.2. The average molecular weight is 431 g/mol. The molecule has 0 spiro atoms. The number of methoxy groups -OCH3 is 1. The number of nitrogens with one attached hydrogen (secondary N) is 1. The number of carbonyl (C=O) groups is 1. The fourth-order valence-corrected chi connectivity index (χ4v) is 6.10. The molecule has 2 aromatic carbocycles. The normalized spacial score (nSPS) is 15.9. The molecule has 1 aliphatic rings. The van der Waals surface area contributed by atoms with Crippen molar-refractivity contribution in [3.63, 3.8) is 0 Å². The van der Waals surface area contributed by atoms with Crippen molar-refractivity contribution in [2.24, 2.45) is 5.92 Å². The topological polar surface area (TPSA) is 75.7 Å². The van der Waals surface area contributed by atoms with Crippen LogP contribution in [-0.2, 0) is 26.2 Å². The van der Waals surface area contributed by atoms with Crippen molar-refractivity contribution in [1.29, 1.82) is 0 Å². The van der Waals surface area contributed by atoms with E-state index in [2.05, 4.69) is 5.32 Å². The van der Waals surface area contributed by atoms with Gasteiger partial charge in [-0.25, -0.2) is 8.42 Å². The average Bonchev–Trinajstić information content (AvgIpc) is 2.68. The molecule has 0 unspecified atom stereocenters. The van der Waals surface area contributed by atoms with Crippen LogP contribution in [0.5, 0.6) is 0 Å². The number of rotatable bonds is 6. The molecule has 0 aliphatic carbocycles. The van der Waals surface area contributed by atoms with Crippen LogP contribution in [0, 0.1) is 26.7 Å². The Labute approximate surface area is 179 Å². The molecule has 6 nitrogen and oxygen atoms in total. The largest absolute Gasteiger partial charge is 0.380 e. The smallest absolute Gasteiger partial charge is 0.243 e. The Morgan fingerprint density at radius 3 is 2.30 bits per heavy atom. The van der Waals surface area contributed by atoms with E-state index in [1.54, 1.807) is 7.11 Å². The Morgan fingerprint density at radius 1 is 1.10 bits per heavy atom. The quantitative estimate of drug-likeness (QED) is 0.756. The molecule has 3 rings (SSSR count). The van der Waals surface area contributed by atoms with E-state index in [9.17, 15) is 13.2 Å². The van der Waals surface area contributed by atoms with Gasteiger partial charge in [0.1, 0.15) is 0 Å². The van der Waals surface area contributed by atoms with Gasteiger partial charge in [-0.05, 0) is 50.8 Å². The van der Waals surface area contributed by atoms with Gasteiger partial charge >= 0.3 is 0 Å². The summed E-state index contributed by atoms with van der Waals surface area (Å²) in [5, 5.41) is 2.99. The number of nitrogens with zero attached hydrogens (tertiary/aromatic N) is 1. The Hall–Kier alpha value is -2.22. The zero-order chi connectivity index (χ0) is 21.9. The highest BCUT2D eigenvalue weighted by Gasteiger charge is 2.33. The van der Waals surface area contributed by atoms with Gasteiger partial charge in [-0.3, -0.25) is 4.79 Å². The number of para-hydroxylation sites is 1. The summed E-state index contributed by atoms with van der Waals surface area (Å²) in [6.45, 7) is 6.74. The molecule has 0 bridgehead atoms. The maximum atomic E-state index is 13.2. The van der Waals surface area contributed by atoms with E-state index < -0.39 is 10.0 Å². The molecule has 162 valence electrons. The molecular formula is C23H30N2O4S. The van der Waals surface area contributed by atoms with E-state index in [1.807, 2.05) is 57.2 Å². The van der Waals surface area contributed by atoms with Crippen molar-refractivity contribution in [3.8, 4) is 0 Å². The van der Waals surface area contributed by atoms with E-state index in [0.717, 1.165) is 27.9 Å². The number of anilines is 1. The predicted molar refractivity (Wildman–Crippen MR) is 118 cm³/mol. The van der Waals surface area contributed by atoms with Crippen LogP contribution in [-0.4, -0.2) is 38.8 Å². The minimum atomic E-state index is -3.58. The third kappa shape index (κ3) is 4.74. The van der Waals surface area contributed by atoms with Gasteiger partial charge in [0.05, 0.1) is 11.5 Å². The second-order valence-corrected chi connectivity index (χ2v) is 9.86. The van der Waals surface area contributed by atoms with Crippen molar-refractivity contribution < 1.29 is 17.9 Å². The van der Waals surface area contributed by atoms with Gasteiger partial charge in [0.25, 0.3) is 0 Å². The van der Waals surface area contributed by atoms with Crippen LogP contribution in [0.1, 0.15) is 35.1 Å². The molecule has 1 heterocycles. The van der Waals surface area contributed by atoms with Crippen LogP contribution < -0.4 is 5.32 Å². The van der Waals surface area contributed by atoms with Gasteiger partial charge in [0, 0.05) is 37.4 Å². The second-order valence-electron chi connectivity index (χ2n) is 7.99. The molecule has 2 aromatic rings. The fourth-order valence-electron chi connectivity index (χ4n) is 4.22. The highest BCUT2D eigenvalue weighted by atomic mass is 32.2. The number of benzene rings is 2. The number of aryl methyl sites for hydroxylation is 3. The number of hydrogen-bond acceptors (Lipinski definition) is 4. The minimum Gasteiger partial charge on any atom is -0.380 e. The molecule has 0 aromatic heterocycles. The van der Waals surface area contributed by atoms with Gasteiger partial charge in [-0.15, -0.1) is 0 Å². The summed E-state index contributed by atoms with van der Waals surface area (Å²) in [6.07, 6.45) is 1.00. The molecule has 0 atom stereocenters. The van der Waals surface area contributed by atoms with Gasteiger partial charge in [-0.2, -0.15) is 4.31 Å². The third-order valence-electron chi connectivity index (χ3n) is 5.60.